The normalized spacial score (nSPS) is 17.1. The minimum atomic E-state index is -3.43. The Morgan fingerprint density at radius 1 is 1.16 bits per heavy atom. The summed E-state index contributed by atoms with van der Waals surface area (Å²) < 4.78 is 41.3. The van der Waals surface area contributed by atoms with Crippen molar-refractivity contribution in [2.75, 3.05) is 22.9 Å². The summed E-state index contributed by atoms with van der Waals surface area (Å²) >= 11 is 0. The number of aromatic nitrogens is 1. The zero-order valence-corrected chi connectivity index (χ0v) is 19.0. The van der Waals surface area contributed by atoms with Crippen LogP contribution in [-0.2, 0) is 23.1 Å². The third-order valence-corrected chi connectivity index (χ3v) is 7.79. The van der Waals surface area contributed by atoms with Gasteiger partial charge in [-0.05, 0) is 42.7 Å². The van der Waals surface area contributed by atoms with Crippen molar-refractivity contribution in [3.63, 3.8) is 0 Å². The van der Waals surface area contributed by atoms with E-state index in [1.54, 1.807) is 11.2 Å². The van der Waals surface area contributed by atoms with E-state index in [0.29, 0.717) is 25.3 Å². The summed E-state index contributed by atoms with van der Waals surface area (Å²) in [4.78, 5) is 6.40. The molecule has 1 aliphatic heterocycles. The van der Waals surface area contributed by atoms with Crippen LogP contribution in [0.4, 0.5) is 15.8 Å². The maximum absolute atomic E-state index is 13.7. The molecule has 2 heterocycles. The van der Waals surface area contributed by atoms with Crippen LogP contribution in [0.1, 0.15) is 35.3 Å². The lowest BCUT2D eigenvalue weighted by atomic mass is 10.0. The average molecular weight is 455 g/mol. The summed E-state index contributed by atoms with van der Waals surface area (Å²) in [7, 11) is -3.43. The van der Waals surface area contributed by atoms with Crippen LogP contribution in [0.3, 0.4) is 0 Å². The van der Waals surface area contributed by atoms with Gasteiger partial charge in [-0.1, -0.05) is 42.5 Å². The Morgan fingerprint density at radius 2 is 1.91 bits per heavy atom. The fourth-order valence-electron chi connectivity index (χ4n) is 4.17. The van der Waals surface area contributed by atoms with Gasteiger partial charge in [-0.25, -0.2) is 12.8 Å². The quantitative estimate of drug-likeness (QED) is 0.630. The molecule has 3 aromatic rings. The molecule has 6 nitrogen and oxygen atoms in total. The number of nitrogens with two attached hydrogens (primary N) is 1. The number of benzene rings is 2. The molecule has 4 rings (SSSR count). The summed E-state index contributed by atoms with van der Waals surface area (Å²) in [6.07, 6.45) is 1.13. The summed E-state index contributed by atoms with van der Waals surface area (Å²) in [6, 6.07) is 17.1. The Hall–Kier alpha value is -2.97. The standard InChI is InChI=1S/C24H27FN4O2S/c1-3-32(30,31)28-15-20-17(2)8-7-11-23(20)29(14-19-12-22(26)21(25)13-27-19)24(16-28)18-9-5-4-6-10-18/h4-13,24H,3,14-16H2,1-2H3,(H2,26,27). The number of rotatable bonds is 5. The van der Waals surface area contributed by atoms with E-state index in [9.17, 15) is 12.8 Å². The van der Waals surface area contributed by atoms with E-state index >= 15 is 0 Å². The predicted molar refractivity (Wildman–Crippen MR) is 125 cm³/mol. The van der Waals surface area contributed by atoms with Crippen molar-refractivity contribution in [1.29, 1.82) is 0 Å². The summed E-state index contributed by atoms with van der Waals surface area (Å²) in [5.41, 5.74) is 10.4. The van der Waals surface area contributed by atoms with Crippen LogP contribution in [0.25, 0.3) is 0 Å². The highest BCUT2D eigenvalue weighted by Crippen LogP contribution is 2.38. The van der Waals surface area contributed by atoms with Gasteiger partial charge in [0.05, 0.1) is 35.9 Å². The minimum absolute atomic E-state index is 0.0335. The number of nitrogen functional groups attached to an aromatic ring is 1. The lowest BCUT2D eigenvalue weighted by molar-refractivity contribution is 0.383. The molecule has 1 unspecified atom stereocenters. The largest absolute Gasteiger partial charge is 0.396 e. The highest BCUT2D eigenvalue weighted by atomic mass is 32.2. The van der Waals surface area contributed by atoms with Crippen LogP contribution in [0, 0.1) is 12.7 Å². The van der Waals surface area contributed by atoms with E-state index in [-0.39, 0.29) is 17.5 Å². The first-order valence-corrected chi connectivity index (χ1v) is 12.2. The number of halogens is 1. The molecule has 1 aliphatic rings. The van der Waals surface area contributed by atoms with Gasteiger partial charge in [-0.2, -0.15) is 4.31 Å². The summed E-state index contributed by atoms with van der Waals surface area (Å²) in [6.45, 7) is 4.62. The van der Waals surface area contributed by atoms with Crippen molar-refractivity contribution in [3.05, 3.63) is 89.0 Å². The van der Waals surface area contributed by atoms with Gasteiger partial charge in [0.25, 0.3) is 0 Å². The molecule has 0 bridgehead atoms. The second kappa shape index (κ2) is 8.88. The number of anilines is 2. The molecular weight excluding hydrogens is 427 g/mol. The Labute approximate surface area is 188 Å². The van der Waals surface area contributed by atoms with Gasteiger partial charge in [-0.15, -0.1) is 0 Å². The van der Waals surface area contributed by atoms with E-state index in [2.05, 4.69) is 9.88 Å². The van der Waals surface area contributed by atoms with Gasteiger partial charge in [0.1, 0.15) is 0 Å². The number of pyridine rings is 1. The van der Waals surface area contributed by atoms with Gasteiger partial charge in [0.2, 0.25) is 10.0 Å². The van der Waals surface area contributed by atoms with E-state index in [1.807, 2.05) is 55.5 Å². The second-order valence-electron chi connectivity index (χ2n) is 8.02. The van der Waals surface area contributed by atoms with Gasteiger partial charge < -0.3 is 10.6 Å². The third kappa shape index (κ3) is 4.33. The Bertz CT molecular complexity index is 1220. The number of aryl methyl sites for hydroxylation is 1. The summed E-state index contributed by atoms with van der Waals surface area (Å²) in [5.74, 6) is -0.521. The molecule has 0 aliphatic carbocycles. The van der Waals surface area contributed by atoms with Gasteiger partial charge >= 0.3 is 0 Å². The van der Waals surface area contributed by atoms with Crippen LogP contribution >= 0.6 is 0 Å². The molecule has 0 fully saturated rings. The number of nitrogens with zero attached hydrogens (tertiary/aromatic N) is 3. The molecule has 0 radical (unpaired) electrons. The van der Waals surface area contributed by atoms with Crippen LogP contribution in [-0.4, -0.2) is 30.0 Å². The van der Waals surface area contributed by atoms with Crippen LogP contribution in [0.2, 0.25) is 0 Å². The zero-order valence-electron chi connectivity index (χ0n) is 18.2. The van der Waals surface area contributed by atoms with E-state index < -0.39 is 15.8 Å². The van der Waals surface area contributed by atoms with Gasteiger partial charge in [0, 0.05) is 18.8 Å². The molecule has 2 N–H and O–H groups in total. The molecule has 1 atom stereocenters. The maximum atomic E-state index is 13.7. The number of fused-ring (bicyclic) bond motifs is 1. The van der Waals surface area contributed by atoms with Crippen molar-refractivity contribution in [1.82, 2.24) is 9.29 Å². The van der Waals surface area contributed by atoms with Gasteiger partial charge in [0.15, 0.2) is 5.82 Å². The molecular formula is C24H27FN4O2S. The maximum Gasteiger partial charge on any atom is 0.214 e. The van der Waals surface area contributed by atoms with Crippen LogP contribution in [0.15, 0.2) is 60.8 Å². The zero-order chi connectivity index (χ0) is 22.9. The molecule has 0 amide bonds. The first kappa shape index (κ1) is 22.2. The predicted octanol–water partition coefficient (Wildman–Crippen LogP) is 4.02. The monoisotopic (exact) mass is 454 g/mol. The average Bonchev–Trinajstić information content (AvgIpc) is 2.96. The van der Waals surface area contributed by atoms with Crippen molar-refractivity contribution >= 4 is 21.4 Å². The number of hydrogen-bond donors (Lipinski definition) is 1. The van der Waals surface area contributed by atoms with E-state index in [1.165, 1.54) is 6.07 Å². The highest BCUT2D eigenvalue weighted by Gasteiger charge is 2.34. The number of sulfonamides is 1. The van der Waals surface area contributed by atoms with Crippen LogP contribution < -0.4 is 10.6 Å². The SMILES string of the molecule is CCS(=O)(=O)N1Cc2c(C)cccc2N(Cc2cc(N)c(F)cn2)C(c2ccccc2)C1. The minimum Gasteiger partial charge on any atom is -0.396 e. The Balaban J connectivity index is 1.89. The molecule has 0 saturated carbocycles. The van der Waals surface area contributed by atoms with E-state index in [4.69, 9.17) is 5.73 Å². The van der Waals surface area contributed by atoms with Gasteiger partial charge in [-0.3, -0.25) is 4.98 Å². The molecule has 0 saturated heterocycles. The third-order valence-electron chi connectivity index (χ3n) is 6.00. The lowest BCUT2D eigenvalue weighted by Gasteiger charge is -2.34. The first-order valence-electron chi connectivity index (χ1n) is 10.6. The molecule has 1 aromatic heterocycles. The number of hydrogen-bond acceptors (Lipinski definition) is 5. The molecule has 0 spiro atoms. The fourth-order valence-corrected chi connectivity index (χ4v) is 5.23. The highest BCUT2D eigenvalue weighted by molar-refractivity contribution is 7.89. The molecule has 8 heteroatoms. The molecule has 32 heavy (non-hydrogen) atoms. The molecule has 2 aromatic carbocycles. The topological polar surface area (TPSA) is 79.5 Å². The van der Waals surface area contributed by atoms with E-state index in [0.717, 1.165) is 28.6 Å². The van der Waals surface area contributed by atoms with Crippen molar-refractivity contribution in [3.8, 4) is 0 Å². The van der Waals surface area contributed by atoms with Crippen molar-refractivity contribution in [2.45, 2.75) is 33.0 Å². The first-order chi connectivity index (χ1) is 15.3. The molecule has 168 valence electrons. The van der Waals surface area contributed by atoms with Crippen LogP contribution in [0.5, 0.6) is 0 Å². The Morgan fingerprint density at radius 3 is 2.59 bits per heavy atom. The van der Waals surface area contributed by atoms with Crippen molar-refractivity contribution in [2.24, 2.45) is 0 Å². The summed E-state index contributed by atoms with van der Waals surface area (Å²) in [5, 5.41) is 0. The smallest absolute Gasteiger partial charge is 0.214 e. The fraction of sp³-hybridized carbons (Fsp3) is 0.292. The second-order valence-corrected chi connectivity index (χ2v) is 10.3. The van der Waals surface area contributed by atoms with Crippen molar-refractivity contribution < 1.29 is 12.8 Å². The lowest BCUT2D eigenvalue weighted by Crippen LogP contribution is -2.38. The Kier molecular flexibility index (Phi) is 6.17.